The molecule has 0 aliphatic heterocycles. The molecule has 0 saturated carbocycles. The highest BCUT2D eigenvalue weighted by Crippen LogP contribution is 2.26. The first kappa shape index (κ1) is 14.0. The fourth-order valence-corrected chi connectivity index (χ4v) is 1.52. The normalized spacial score (nSPS) is 12.4. The van der Waals surface area contributed by atoms with Crippen molar-refractivity contribution in [3.63, 3.8) is 0 Å². The van der Waals surface area contributed by atoms with Crippen molar-refractivity contribution >= 4 is 5.69 Å². The summed E-state index contributed by atoms with van der Waals surface area (Å²) in [5, 5.41) is 16.4. The lowest BCUT2D eigenvalue weighted by Gasteiger charge is -2.13. The van der Waals surface area contributed by atoms with Gasteiger partial charge in [0.1, 0.15) is 23.9 Å². The fourth-order valence-electron chi connectivity index (χ4n) is 1.52. The molecule has 1 aromatic heterocycles. The van der Waals surface area contributed by atoms with Crippen LogP contribution in [0.2, 0.25) is 0 Å². The van der Waals surface area contributed by atoms with Crippen LogP contribution in [0.1, 0.15) is 6.92 Å². The lowest BCUT2D eigenvalue weighted by atomic mass is 10.2. The Morgan fingerprint density at radius 3 is 2.75 bits per heavy atom. The number of aliphatic hydroxyl groups is 1. The highest BCUT2D eigenvalue weighted by molar-refractivity contribution is 5.56. The Balaban J connectivity index is 2.52. The maximum Gasteiger partial charge on any atom is 0.368 e. The van der Waals surface area contributed by atoms with Gasteiger partial charge in [-0.1, -0.05) is 0 Å². The van der Waals surface area contributed by atoms with Crippen LogP contribution in [0.4, 0.5) is 10.1 Å². The maximum absolute atomic E-state index is 13.5. The van der Waals surface area contributed by atoms with Gasteiger partial charge in [-0.15, -0.1) is 0 Å². The summed E-state index contributed by atoms with van der Waals surface area (Å²) in [6, 6.07) is 2.26. The molecule has 0 aliphatic carbocycles. The molecule has 0 radical (unpaired) electrons. The molecule has 2 rings (SSSR count). The highest BCUT2D eigenvalue weighted by Gasteiger charge is 2.16. The minimum Gasteiger partial charge on any atom is -0.489 e. The number of aromatic nitrogens is 4. The predicted molar refractivity (Wildman–Crippen MR) is 68.1 cm³/mol. The van der Waals surface area contributed by atoms with Crippen LogP contribution in [0, 0.1) is 5.82 Å². The largest absolute Gasteiger partial charge is 0.489 e. The zero-order chi connectivity index (χ0) is 14.9. The van der Waals surface area contributed by atoms with Crippen LogP contribution >= 0.6 is 0 Å². The number of anilines is 1. The van der Waals surface area contributed by atoms with E-state index in [1.165, 1.54) is 20.0 Å². The lowest BCUT2D eigenvalue weighted by Crippen LogP contribution is -2.23. The summed E-state index contributed by atoms with van der Waals surface area (Å²) < 4.78 is 20.7. The van der Waals surface area contributed by atoms with E-state index in [9.17, 15) is 14.3 Å². The molecule has 1 heterocycles. The molecule has 0 aliphatic rings. The standard InChI is InChI=1S/C11H14FN5O3/c1-6(18)5-20-10-3-7(12)8(13)4-9(10)17-11(19)16(2)14-15-17/h3-4,6,18H,5,13H2,1-2H3/t6-/m1/s1. The number of hydrogen-bond donors (Lipinski definition) is 2. The summed E-state index contributed by atoms with van der Waals surface area (Å²) >= 11 is 0. The van der Waals surface area contributed by atoms with Gasteiger partial charge in [-0.3, -0.25) is 0 Å². The molecule has 1 aromatic carbocycles. The number of aliphatic hydroxyl groups excluding tert-OH is 1. The summed E-state index contributed by atoms with van der Waals surface area (Å²) in [7, 11) is 1.43. The van der Waals surface area contributed by atoms with Crippen molar-refractivity contribution < 1.29 is 14.2 Å². The second-order valence-electron chi connectivity index (χ2n) is 4.30. The summed E-state index contributed by atoms with van der Waals surface area (Å²) in [5.41, 5.74) is 4.96. The van der Waals surface area contributed by atoms with Gasteiger partial charge in [0.2, 0.25) is 0 Å². The molecule has 3 N–H and O–H groups in total. The first-order valence-electron chi connectivity index (χ1n) is 5.79. The molecule has 0 amide bonds. The van der Waals surface area contributed by atoms with Crippen LogP contribution in [0.15, 0.2) is 16.9 Å². The molecule has 0 saturated heterocycles. The van der Waals surface area contributed by atoms with Crippen molar-refractivity contribution in [2.45, 2.75) is 13.0 Å². The van der Waals surface area contributed by atoms with Crippen LogP contribution in [0.3, 0.4) is 0 Å². The van der Waals surface area contributed by atoms with E-state index in [-0.39, 0.29) is 23.7 Å². The Kier molecular flexibility index (Phi) is 3.70. The predicted octanol–water partition coefficient (Wildman–Crippen LogP) is -0.553. The molecule has 0 bridgehead atoms. The van der Waals surface area contributed by atoms with Gasteiger partial charge in [0.15, 0.2) is 0 Å². The van der Waals surface area contributed by atoms with Gasteiger partial charge in [-0.2, -0.15) is 9.36 Å². The van der Waals surface area contributed by atoms with E-state index in [0.717, 1.165) is 15.4 Å². The molecule has 0 unspecified atom stereocenters. The molecule has 9 heteroatoms. The van der Waals surface area contributed by atoms with Crippen LogP contribution in [-0.4, -0.2) is 37.6 Å². The molecule has 8 nitrogen and oxygen atoms in total. The van der Waals surface area contributed by atoms with Gasteiger partial charge in [0.05, 0.1) is 11.8 Å². The number of nitrogens with two attached hydrogens (primary N) is 1. The highest BCUT2D eigenvalue weighted by atomic mass is 19.1. The molecule has 0 fully saturated rings. The summed E-state index contributed by atoms with van der Waals surface area (Å²) in [6.07, 6.45) is -0.748. The quantitative estimate of drug-likeness (QED) is 0.729. The average molecular weight is 283 g/mol. The molecule has 2 aromatic rings. The van der Waals surface area contributed by atoms with Crippen LogP contribution in [-0.2, 0) is 7.05 Å². The zero-order valence-electron chi connectivity index (χ0n) is 10.9. The number of rotatable bonds is 4. The molecular formula is C11H14FN5O3. The van der Waals surface area contributed by atoms with Gasteiger partial charge in [-0.05, 0) is 23.4 Å². The summed E-state index contributed by atoms with van der Waals surface area (Å²) in [6.45, 7) is 1.45. The van der Waals surface area contributed by atoms with Crippen molar-refractivity contribution in [2.75, 3.05) is 12.3 Å². The van der Waals surface area contributed by atoms with Gasteiger partial charge >= 0.3 is 5.69 Å². The minimum absolute atomic E-state index is 0.0419. The first-order valence-corrected chi connectivity index (χ1v) is 5.79. The van der Waals surface area contributed by atoms with Gasteiger partial charge < -0.3 is 15.6 Å². The summed E-state index contributed by atoms with van der Waals surface area (Å²) in [4.78, 5) is 11.8. The Labute approximate surface area is 113 Å². The third kappa shape index (κ3) is 2.62. The van der Waals surface area contributed by atoms with E-state index >= 15 is 0 Å². The number of tetrazole rings is 1. The van der Waals surface area contributed by atoms with E-state index in [1.807, 2.05) is 0 Å². The third-order valence-electron chi connectivity index (χ3n) is 2.51. The average Bonchev–Trinajstić information content (AvgIpc) is 2.71. The molecule has 0 spiro atoms. The Bertz CT molecular complexity index is 679. The Morgan fingerprint density at radius 2 is 2.20 bits per heavy atom. The molecule has 20 heavy (non-hydrogen) atoms. The molecule has 108 valence electrons. The van der Waals surface area contributed by atoms with Gasteiger partial charge in [-0.25, -0.2) is 9.18 Å². The SMILES string of the molecule is C[C@@H](O)COc1cc(F)c(N)cc1-n1nnn(C)c1=O. The Hall–Kier alpha value is -2.42. The molecule has 1 atom stereocenters. The van der Waals surface area contributed by atoms with Crippen molar-refractivity contribution in [1.82, 2.24) is 19.8 Å². The zero-order valence-corrected chi connectivity index (χ0v) is 10.9. The van der Waals surface area contributed by atoms with E-state index in [0.29, 0.717) is 0 Å². The van der Waals surface area contributed by atoms with Crippen molar-refractivity contribution in [3.05, 3.63) is 28.4 Å². The smallest absolute Gasteiger partial charge is 0.368 e. The lowest BCUT2D eigenvalue weighted by molar-refractivity contribution is 0.122. The summed E-state index contributed by atoms with van der Waals surface area (Å²) in [5.74, 6) is -0.647. The number of ether oxygens (including phenoxy) is 1. The topological polar surface area (TPSA) is 108 Å². The van der Waals surface area contributed by atoms with Crippen molar-refractivity contribution in [1.29, 1.82) is 0 Å². The van der Waals surface area contributed by atoms with Crippen molar-refractivity contribution in [3.8, 4) is 11.4 Å². The number of aryl methyl sites for hydroxylation is 1. The van der Waals surface area contributed by atoms with Crippen LogP contribution in [0.25, 0.3) is 5.69 Å². The second-order valence-corrected chi connectivity index (χ2v) is 4.30. The van der Waals surface area contributed by atoms with E-state index in [4.69, 9.17) is 10.5 Å². The van der Waals surface area contributed by atoms with E-state index in [1.54, 1.807) is 0 Å². The number of nitrogens with zero attached hydrogens (tertiary/aromatic N) is 4. The van der Waals surface area contributed by atoms with E-state index in [2.05, 4.69) is 10.4 Å². The number of hydrogen-bond acceptors (Lipinski definition) is 6. The fraction of sp³-hybridized carbons (Fsp3) is 0.364. The molecular weight excluding hydrogens is 269 g/mol. The van der Waals surface area contributed by atoms with Crippen LogP contribution in [0.5, 0.6) is 5.75 Å². The van der Waals surface area contributed by atoms with Crippen molar-refractivity contribution in [2.24, 2.45) is 7.05 Å². The van der Waals surface area contributed by atoms with Crippen LogP contribution < -0.4 is 16.2 Å². The number of benzene rings is 1. The van der Waals surface area contributed by atoms with Gasteiger partial charge in [0, 0.05) is 13.1 Å². The minimum atomic E-state index is -0.748. The number of nitrogen functional groups attached to an aromatic ring is 1. The maximum atomic E-state index is 13.5. The third-order valence-corrected chi connectivity index (χ3v) is 2.51. The first-order chi connectivity index (χ1) is 9.40. The van der Waals surface area contributed by atoms with E-state index < -0.39 is 17.6 Å². The second kappa shape index (κ2) is 5.29. The monoisotopic (exact) mass is 283 g/mol. The Morgan fingerprint density at radius 1 is 1.50 bits per heavy atom. The van der Waals surface area contributed by atoms with Gasteiger partial charge in [0.25, 0.3) is 0 Å². The number of halogens is 1.